The number of halogens is 1. The van der Waals surface area contributed by atoms with Crippen LogP contribution in [0.5, 0.6) is 0 Å². The third kappa shape index (κ3) is 2.53. The Bertz CT molecular complexity index is 505. The highest BCUT2D eigenvalue weighted by atomic mass is 35.5. The molecule has 0 aromatic carbocycles. The Morgan fingerprint density at radius 3 is 2.84 bits per heavy atom. The third-order valence-electron chi connectivity index (χ3n) is 3.85. The standard InChI is InChI=1S/C13H18ClN3O2/c1-13(2)8(6-9(13)19-3)16-12(18)11-7(14)4-5-10(15)17-11/h4-5,8-9H,6H2,1-3H3,(H2,15,17)(H,16,18). The van der Waals surface area contributed by atoms with Gasteiger partial charge in [-0.15, -0.1) is 0 Å². The molecule has 0 spiro atoms. The Morgan fingerprint density at radius 1 is 1.58 bits per heavy atom. The molecule has 104 valence electrons. The zero-order chi connectivity index (χ0) is 14.2. The van der Waals surface area contributed by atoms with Gasteiger partial charge in [-0.05, 0) is 18.6 Å². The Morgan fingerprint density at radius 2 is 2.26 bits per heavy atom. The summed E-state index contributed by atoms with van der Waals surface area (Å²) in [7, 11) is 1.68. The van der Waals surface area contributed by atoms with Crippen molar-refractivity contribution in [3.8, 4) is 0 Å². The molecule has 0 bridgehead atoms. The van der Waals surface area contributed by atoms with E-state index in [1.807, 2.05) is 0 Å². The average molecular weight is 284 g/mol. The topological polar surface area (TPSA) is 77.2 Å². The summed E-state index contributed by atoms with van der Waals surface area (Å²) >= 11 is 5.96. The van der Waals surface area contributed by atoms with Gasteiger partial charge in [0.05, 0.1) is 11.1 Å². The molecule has 3 N–H and O–H groups in total. The first kappa shape index (κ1) is 14.1. The maximum absolute atomic E-state index is 12.1. The summed E-state index contributed by atoms with van der Waals surface area (Å²) in [5, 5.41) is 3.23. The van der Waals surface area contributed by atoms with Gasteiger partial charge in [0.2, 0.25) is 0 Å². The second kappa shape index (κ2) is 4.98. The predicted molar refractivity (Wildman–Crippen MR) is 74.1 cm³/mol. The summed E-state index contributed by atoms with van der Waals surface area (Å²) in [5.74, 6) is -0.0258. The van der Waals surface area contributed by atoms with Crippen molar-refractivity contribution in [2.75, 3.05) is 12.8 Å². The number of nitrogen functional groups attached to an aromatic ring is 1. The summed E-state index contributed by atoms with van der Waals surface area (Å²) in [4.78, 5) is 16.1. The van der Waals surface area contributed by atoms with Gasteiger partial charge in [-0.3, -0.25) is 4.79 Å². The van der Waals surface area contributed by atoms with Crippen LogP contribution in [0.25, 0.3) is 0 Å². The first-order chi connectivity index (χ1) is 8.86. The zero-order valence-corrected chi connectivity index (χ0v) is 12.0. The molecule has 0 saturated heterocycles. The minimum absolute atomic E-state index is 0.0456. The van der Waals surface area contributed by atoms with Crippen LogP contribution < -0.4 is 11.1 Å². The summed E-state index contributed by atoms with van der Waals surface area (Å²) < 4.78 is 5.35. The van der Waals surface area contributed by atoms with Crippen LogP contribution in [-0.2, 0) is 4.74 Å². The Kier molecular flexibility index (Phi) is 3.69. The van der Waals surface area contributed by atoms with E-state index >= 15 is 0 Å². The first-order valence-corrected chi connectivity index (χ1v) is 6.49. The van der Waals surface area contributed by atoms with Gasteiger partial charge in [-0.2, -0.15) is 0 Å². The molecule has 1 heterocycles. The van der Waals surface area contributed by atoms with Crippen molar-refractivity contribution in [3.63, 3.8) is 0 Å². The van der Waals surface area contributed by atoms with E-state index in [4.69, 9.17) is 22.1 Å². The quantitative estimate of drug-likeness (QED) is 0.888. The summed E-state index contributed by atoms with van der Waals surface area (Å²) in [6.45, 7) is 4.12. The molecule has 2 unspecified atom stereocenters. The van der Waals surface area contributed by atoms with Gasteiger partial charge in [0, 0.05) is 18.6 Å². The number of methoxy groups -OCH3 is 1. The van der Waals surface area contributed by atoms with Crippen molar-refractivity contribution < 1.29 is 9.53 Å². The van der Waals surface area contributed by atoms with Crippen molar-refractivity contribution in [2.24, 2.45) is 5.41 Å². The molecule has 1 amide bonds. The first-order valence-electron chi connectivity index (χ1n) is 6.12. The van der Waals surface area contributed by atoms with Crippen LogP contribution in [0.15, 0.2) is 12.1 Å². The monoisotopic (exact) mass is 283 g/mol. The SMILES string of the molecule is COC1CC(NC(=O)c2nc(N)ccc2Cl)C1(C)C. The molecule has 0 radical (unpaired) electrons. The van der Waals surface area contributed by atoms with E-state index in [1.165, 1.54) is 0 Å². The molecule has 1 fully saturated rings. The molecule has 1 saturated carbocycles. The lowest BCUT2D eigenvalue weighted by Crippen LogP contribution is -2.61. The molecule has 1 aliphatic carbocycles. The van der Waals surface area contributed by atoms with Gasteiger partial charge in [0.25, 0.3) is 5.91 Å². The average Bonchev–Trinajstić information content (AvgIpc) is 2.36. The van der Waals surface area contributed by atoms with Crippen molar-refractivity contribution in [3.05, 3.63) is 22.8 Å². The molecule has 1 aliphatic rings. The molecule has 1 aromatic rings. The number of pyridine rings is 1. The molecule has 2 atom stereocenters. The maximum atomic E-state index is 12.1. The van der Waals surface area contributed by atoms with Crippen LogP contribution in [-0.4, -0.2) is 30.1 Å². The lowest BCUT2D eigenvalue weighted by atomic mass is 9.64. The Balaban J connectivity index is 2.09. The van der Waals surface area contributed by atoms with Crippen molar-refractivity contribution in [1.29, 1.82) is 0 Å². The van der Waals surface area contributed by atoms with Crippen molar-refractivity contribution in [1.82, 2.24) is 10.3 Å². The number of nitrogens with two attached hydrogens (primary N) is 1. The maximum Gasteiger partial charge on any atom is 0.271 e. The normalized spacial score (nSPS) is 24.6. The van der Waals surface area contributed by atoms with E-state index in [2.05, 4.69) is 24.1 Å². The van der Waals surface area contributed by atoms with E-state index < -0.39 is 0 Å². The van der Waals surface area contributed by atoms with E-state index in [0.29, 0.717) is 5.02 Å². The van der Waals surface area contributed by atoms with Crippen LogP contribution in [0.4, 0.5) is 5.82 Å². The summed E-state index contributed by atoms with van der Waals surface area (Å²) in [6, 6.07) is 3.18. The lowest BCUT2D eigenvalue weighted by molar-refractivity contribution is -0.0942. The number of carbonyl (C=O) groups is 1. The van der Waals surface area contributed by atoms with E-state index in [1.54, 1.807) is 19.2 Å². The van der Waals surface area contributed by atoms with Crippen LogP contribution in [0.2, 0.25) is 5.02 Å². The number of amides is 1. The molecule has 6 heteroatoms. The Hall–Kier alpha value is -1.33. The highest BCUT2D eigenvalue weighted by Gasteiger charge is 2.49. The van der Waals surface area contributed by atoms with Crippen LogP contribution in [0, 0.1) is 5.41 Å². The van der Waals surface area contributed by atoms with Crippen molar-refractivity contribution >= 4 is 23.3 Å². The van der Waals surface area contributed by atoms with Gasteiger partial charge < -0.3 is 15.8 Å². The van der Waals surface area contributed by atoms with E-state index in [9.17, 15) is 4.79 Å². The highest BCUT2D eigenvalue weighted by molar-refractivity contribution is 6.33. The summed E-state index contributed by atoms with van der Waals surface area (Å²) in [6.07, 6.45) is 0.942. The lowest BCUT2D eigenvalue weighted by Gasteiger charge is -2.51. The van der Waals surface area contributed by atoms with E-state index in [0.717, 1.165) is 6.42 Å². The number of aromatic nitrogens is 1. The number of hydrogen-bond donors (Lipinski definition) is 2. The minimum atomic E-state index is -0.301. The van der Waals surface area contributed by atoms with Crippen molar-refractivity contribution in [2.45, 2.75) is 32.4 Å². The second-order valence-corrected chi connectivity index (χ2v) is 5.78. The zero-order valence-electron chi connectivity index (χ0n) is 11.2. The fraction of sp³-hybridized carbons (Fsp3) is 0.538. The number of nitrogens with one attached hydrogen (secondary N) is 1. The number of rotatable bonds is 3. The molecule has 0 aliphatic heterocycles. The number of nitrogens with zero attached hydrogens (tertiary/aromatic N) is 1. The van der Waals surface area contributed by atoms with Gasteiger partial charge >= 0.3 is 0 Å². The Labute approximate surface area is 117 Å². The highest BCUT2D eigenvalue weighted by Crippen LogP contribution is 2.42. The number of hydrogen-bond acceptors (Lipinski definition) is 4. The smallest absolute Gasteiger partial charge is 0.271 e. The fourth-order valence-corrected chi connectivity index (χ4v) is 2.56. The predicted octanol–water partition coefficient (Wildman–Crippen LogP) is 1.86. The van der Waals surface area contributed by atoms with Gasteiger partial charge in [0.1, 0.15) is 11.5 Å². The fourth-order valence-electron chi connectivity index (χ4n) is 2.37. The van der Waals surface area contributed by atoms with Gasteiger partial charge in [-0.1, -0.05) is 25.4 Å². The minimum Gasteiger partial charge on any atom is -0.384 e. The van der Waals surface area contributed by atoms with Crippen LogP contribution in [0.3, 0.4) is 0 Å². The summed E-state index contributed by atoms with van der Waals surface area (Å²) in [5.41, 5.74) is 5.63. The number of ether oxygens (including phenoxy) is 1. The molecule has 19 heavy (non-hydrogen) atoms. The number of anilines is 1. The second-order valence-electron chi connectivity index (χ2n) is 5.37. The molecular weight excluding hydrogens is 266 g/mol. The largest absolute Gasteiger partial charge is 0.384 e. The van der Waals surface area contributed by atoms with E-state index in [-0.39, 0.29) is 35.0 Å². The molecule has 1 aromatic heterocycles. The molecule has 5 nitrogen and oxygen atoms in total. The molecular formula is C13H18ClN3O2. The van der Waals surface area contributed by atoms with Crippen LogP contribution in [0.1, 0.15) is 30.8 Å². The molecule has 2 rings (SSSR count). The van der Waals surface area contributed by atoms with Gasteiger partial charge in [0.15, 0.2) is 0 Å². The van der Waals surface area contributed by atoms with Crippen LogP contribution >= 0.6 is 11.6 Å². The number of carbonyl (C=O) groups excluding carboxylic acids is 1. The van der Waals surface area contributed by atoms with Gasteiger partial charge in [-0.25, -0.2) is 4.98 Å². The third-order valence-corrected chi connectivity index (χ3v) is 4.16.